The van der Waals surface area contributed by atoms with E-state index in [2.05, 4.69) is 25.3 Å². The highest BCUT2D eigenvalue weighted by Gasteiger charge is 2.33. The van der Waals surface area contributed by atoms with E-state index in [1.807, 2.05) is 0 Å². The quantitative estimate of drug-likeness (QED) is 0.326. The average molecular weight is 325 g/mol. The fourth-order valence-corrected chi connectivity index (χ4v) is 2.99. The summed E-state index contributed by atoms with van der Waals surface area (Å²) in [6.45, 7) is 0. The van der Waals surface area contributed by atoms with Crippen molar-refractivity contribution in [1.82, 2.24) is 19.9 Å². The molecule has 0 radical (unpaired) electrons. The molecular formula is C15H11N5O4. The summed E-state index contributed by atoms with van der Waals surface area (Å²) in [4.78, 5) is 57.2. The molecule has 5 N–H and O–H groups in total. The van der Waals surface area contributed by atoms with Crippen molar-refractivity contribution in [3.05, 3.63) is 88.7 Å². The maximum Gasteiger partial charge on any atom is 0.327 e. The Bertz CT molecular complexity index is 1100. The molecule has 9 nitrogen and oxygen atoms in total. The lowest BCUT2D eigenvalue weighted by Crippen LogP contribution is -2.37. The minimum Gasteiger partial charge on any atom is -0.327 e. The topological polar surface area (TPSA) is 143 Å². The number of benzene rings is 1. The first kappa shape index (κ1) is 14.0. The van der Waals surface area contributed by atoms with Crippen molar-refractivity contribution in [2.45, 2.75) is 5.92 Å². The Hall–Kier alpha value is -3.62. The molecule has 1 aliphatic rings. The van der Waals surface area contributed by atoms with E-state index < -0.39 is 28.4 Å². The van der Waals surface area contributed by atoms with Gasteiger partial charge in [-0.05, 0) is 5.56 Å². The minimum atomic E-state index is -0.737. The Morgan fingerprint density at radius 2 is 1.17 bits per heavy atom. The molecule has 0 saturated carbocycles. The number of hydrogen-bond acceptors (Lipinski definition) is 5. The molecule has 4 rings (SSSR count). The van der Waals surface area contributed by atoms with Gasteiger partial charge in [0.2, 0.25) is 0 Å². The molecule has 0 spiro atoms. The van der Waals surface area contributed by atoms with E-state index >= 15 is 0 Å². The van der Waals surface area contributed by atoms with Crippen molar-refractivity contribution >= 4 is 11.6 Å². The molecule has 2 aromatic heterocycles. The van der Waals surface area contributed by atoms with Crippen LogP contribution in [0.5, 0.6) is 0 Å². The predicted octanol–water partition coefficient (Wildman–Crippen LogP) is -0.323. The number of nitrogens with one attached hydrogen (secondary N) is 5. The zero-order valence-corrected chi connectivity index (χ0v) is 12.1. The second-order valence-electron chi connectivity index (χ2n) is 5.36. The maximum atomic E-state index is 12.4. The predicted molar refractivity (Wildman–Crippen MR) is 86.0 cm³/mol. The highest BCUT2D eigenvalue weighted by Crippen LogP contribution is 2.38. The number of anilines is 2. The molecule has 0 saturated heterocycles. The van der Waals surface area contributed by atoms with Gasteiger partial charge in [0.1, 0.15) is 11.6 Å². The fourth-order valence-electron chi connectivity index (χ4n) is 2.99. The fraction of sp³-hybridized carbons (Fsp3) is 0.0667. The smallest absolute Gasteiger partial charge is 0.327 e. The van der Waals surface area contributed by atoms with Crippen LogP contribution in [0.3, 0.4) is 0 Å². The van der Waals surface area contributed by atoms with Crippen LogP contribution >= 0.6 is 0 Å². The molecule has 0 unspecified atom stereocenters. The van der Waals surface area contributed by atoms with Crippen LogP contribution in [0.2, 0.25) is 0 Å². The lowest BCUT2D eigenvalue weighted by Gasteiger charge is -2.26. The zero-order valence-electron chi connectivity index (χ0n) is 12.1. The van der Waals surface area contributed by atoms with Crippen LogP contribution in [0.4, 0.5) is 11.6 Å². The van der Waals surface area contributed by atoms with E-state index in [1.165, 1.54) is 0 Å². The SMILES string of the molecule is O=c1[nH]c2c(c(=O)[nH]1)C(c1ccccc1)c1c([nH]c(=O)[nH]c1=O)N2. The van der Waals surface area contributed by atoms with Crippen LogP contribution in [0.1, 0.15) is 22.6 Å². The van der Waals surface area contributed by atoms with Crippen LogP contribution in [0, 0.1) is 0 Å². The molecule has 1 aromatic carbocycles. The van der Waals surface area contributed by atoms with Crippen LogP contribution in [0.25, 0.3) is 0 Å². The van der Waals surface area contributed by atoms with Crippen molar-refractivity contribution in [3.63, 3.8) is 0 Å². The second kappa shape index (κ2) is 4.95. The van der Waals surface area contributed by atoms with Crippen molar-refractivity contribution in [2.75, 3.05) is 5.32 Å². The maximum absolute atomic E-state index is 12.4. The van der Waals surface area contributed by atoms with Gasteiger partial charge in [0, 0.05) is 0 Å². The largest absolute Gasteiger partial charge is 0.327 e. The van der Waals surface area contributed by atoms with E-state index in [9.17, 15) is 19.2 Å². The second-order valence-corrected chi connectivity index (χ2v) is 5.36. The first-order valence-electron chi connectivity index (χ1n) is 7.09. The third-order valence-corrected chi connectivity index (χ3v) is 3.92. The number of hydrogen-bond donors (Lipinski definition) is 5. The van der Waals surface area contributed by atoms with Gasteiger partial charge in [0.15, 0.2) is 0 Å². The Balaban J connectivity index is 2.13. The molecule has 3 aromatic rings. The number of aromatic amines is 4. The average Bonchev–Trinajstić information content (AvgIpc) is 2.53. The molecule has 0 fully saturated rings. The number of fused-ring (bicyclic) bond motifs is 2. The first-order chi connectivity index (χ1) is 11.5. The van der Waals surface area contributed by atoms with Gasteiger partial charge in [-0.15, -0.1) is 0 Å². The molecular weight excluding hydrogens is 314 g/mol. The standard InChI is InChI=1S/C15H11N5O4/c21-12-8-7(6-4-2-1-3-5-6)9-11(18-15(24)20-13(9)22)16-10(8)17-14(23)19-12/h1-5,7H,(H5,16,17,18,19,20,21,22,23,24). The van der Waals surface area contributed by atoms with Crippen molar-refractivity contribution in [1.29, 1.82) is 0 Å². The van der Waals surface area contributed by atoms with Crippen molar-refractivity contribution in [2.24, 2.45) is 0 Å². The molecule has 120 valence electrons. The Morgan fingerprint density at radius 1 is 0.667 bits per heavy atom. The number of aromatic nitrogens is 4. The summed E-state index contributed by atoms with van der Waals surface area (Å²) >= 11 is 0. The molecule has 9 heteroatoms. The highest BCUT2D eigenvalue weighted by atomic mass is 16.2. The summed E-state index contributed by atoms with van der Waals surface area (Å²) in [7, 11) is 0. The summed E-state index contributed by atoms with van der Waals surface area (Å²) in [6, 6.07) is 8.88. The summed E-state index contributed by atoms with van der Waals surface area (Å²) < 4.78 is 0. The monoisotopic (exact) mass is 325 g/mol. The summed E-state index contributed by atoms with van der Waals surface area (Å²) in [6.07, 6.45) is 0. The molecule has 0 atom stereocenters. The third kappa shape index (κ3) is 2.02. The van der Waals surface area contributed by atoms with Crippen molar-refractivity contribution in [3.8, 4) is 0 Å². The Labute approximate surface area is 132 Å². The third-order valence-electron chi connectivity index (χ3n) is 3.92. The summed E-state index contributed by atoms with van der Waals surface area (Å²) in [5.74, 6) is -0.448. The van der Waals surface area contributed by atoms with Crippen LogP contribution in [-0.2, 0) is 0 Å². The van der Waals surface area contributed by atoms with Gasteiger partial charge in [-0.25, -0.2) is 9.59 Å². The van der Waals surface area contributed by atoms with E-state index in [0.29, 0.717) is 5.56 Å². The van der Waals surface area contributed by atoms with Gasteiger partial charge in [0.25, 0.3) is 11.1 Å². The van der Waals surface area contributed by atoms with Crippen molar-refractivity contribution < 1.29 is 0 Å². The lowest BCUT2D eigenvalue weighted by atomic mass is 9.84. The minimum absolute atomic E-state index is 0.145. The van der Waals surface area contributed by atoms with Gasteiger partial charge in [-0.2, -0.15) is 0 Å². The van der Waals surface area contributed by atoms with E-state index in [1.54, 1.807) is 30.3 Å². The van der Waals surface area contributed by atoms with E-state index in [-0.39, 0.29) is 22.8 Å². The molecule has 0 amide bonds. The summed E-state index contributed by atoms with van der Waals surface area (Å²) in [5, 5.41) is 2.75. The first-order valence-corrected chi connectivity index (χ1v) is 7.09. The van der Waals surface area contributed by atoms with Gasteiger partial charge in [-0.3, -0.25) is 29.5 Å². The zero-order chi connectivity index (χ0) is 16.8. The van der Waals surface area contributed by atoms with Gasteiger partial charge < -0.3 is 5.32 Å². The van der Waals surface area contributed by atoms with Gasteiger partial charge >= 0.3 is 11.4 Å². The Kier molecular flexibility index (Phi) is 2.89. The molecule has 0 aliphatic carbocycles. The van der Waals surface area contributed by atoms with E-state index in [0.717, 1.165) is 0 Å². The van der Waals surface area contributed by atoms with Crippen LogP contribution in [0.15, 0.2) is 49.5 Å². The van der Waals surface area contributed by atoms with Crippen LogP contribution < -0.4 is 27.8 Å². The van der Waals surface area contributed by atoms with E-state index in [4.69, 9.17) is 0 Å². The molecule has 1 aliphatic heterocycles. The molecule has 24 heavy (non-hydrogen) atoms. The number of rotatable bonds is 1. The number of H-pyrrole nitrogens is 4. The summed E-state index contributed by atoms with van der Waals surface area (Å²) in [5.41, 5.74) is -1.51. The van der Waals surface area contributed by atoms with Gasteiger partial charge in [0.05, 0.1) is 17.0 Å². The normalized spacial score (nSPS) is 13.0. The Morgan fingerprint density at radius 3 is 1.67 bits per heavy atom. The highest BCUT2D eigenvalue weighted by molar-refractivity contribution is 5.69. The lowest BCUT2D eigenvalue weighted by molar-refractivity contribution is 0.844. The van der Waals surface area contributed by atoms with Gasteiger partial charge in [-0.1, -0.05) is 30.3 Å². The molecule has 0 bridgehead atoms. The van der Waals surface area contributed by atoms with Crippen LogP contribution in [-0.4, -0.2) is 19.9 Å². The molecule has 3 heterocycles.